The van der Waals surface area contributed by atoms with Crippen molar-refractivity contribution in [1.82, 2.24) is 5.32 Å². The molecule has 2 aromatic rings. The average molecular weight is 523 g/mol. The highest BCUT2D eigenvalue weighted by molar-refractivity contribution is 6.02. The first-order chi connectivity index (χ1) is 18.6. The van der Waals surface area contributed by atoms with Crippen LogP contribution in [0.4, 0.5) is 17.1 Å². The van der Waals surface area contributed by atoms with E-state index in [1.165, 1.54) is 25.7 Å². The van der Waals surface area contributed by atoms with Gasteiger partial charge in [0.05, 0.1) is 18.4 Å². The molecule has 0 atom stereocenters. The molecule has 0 unspecified atom stereocenters. The summed E-state index contributed by atoms with van der Waals surface area (Å²) in [6, 6.07) is 13.8. The number of rotatable bonds is 12. The Bertz CT molecular complexity index is 1060. The minimum atomic E-state index is -0.134. The van der Waals surface area contributed by atoms with Gasteiger partial charge in [-0.25, -0.2) is 0 Å². The fraction of sp³-hybridized carbons (Fsp3) is 0.533. The van der Waals surface area contributed by atoms with Crippen LogP contribution in [0.2, 0.25) is 0 Å². The third kappa shape index (κ3) is 7.40. The molecule has 2 aliphatic rings. The highest BCUT2D eigenvalue weighted by Gasteiger charge is 2.24. The van der Waals surface area contributed by atoms with E-state index < -0.39 is 0 Å². The van der Waals surface area contributed by atoms with Crippen molar-refractivity contribution in [3.63, 3.8) is 0 Å². The van der Waals surface area contributed by atoms with Crippen LogP contribution >= 0.6 is 0 Å². The number of methoxy groups -OCH3 is 2. The number of hydrogen-bond acceptors (Lipinski definition) is 6. The minimum absolute atomic E-state index is 0.0153. The molecule has 1 aliphatic heterocycles. The molecule has 4 rings (SSSR count). The zero-order valence-electron chi connectivity index (χ0n) is 22.8. The van der Waals surface area contributed by atoms with Gasteiger partial charge in [-0.3, -0.25) is 9.59 Å². The van der Waals surface area contributed by atoms with Gasteiger partial charge in [0.2, 0.25) is 5.91 Å². The van der Waals surface area contributed by atoms with Gasteiger partial charge in [0.25, 0.3) is 5.91 Å². The van der Waals surface area contributed by atoms with Gasteiger partial charge >= 0.3 is 0 Å². The standard InChI is InChI=1S/C30H42N4O4/c1-37-21-7-16-31-30(36)25-22-24(32-29(35)15-12-23-8-3-4-9-23)13-14-26(25)33-17-19-34(20-18-33)27-10-5-6-11-28(27)38-2/h5-6,10-11,13-14,22-23H,3-4,7-9,12,15-21H2,1-2H3,(H,31,36)(H,32,35). The van der Waals surface area contributed by atoms with Crippen LogP contribution in [0.25, 0.3) is 0 Å². The van der Waals surface area contributed by atoms with Crippen molar-refractivity contribution < 1.29 is 19.1 Å². The SMILES string of the molecule is COCCCNC(=O)c1cc(NC(=O)CCC2CCCC2)ccc1N1CCN(c2ccccc2OC)CC1. The predicted octanol–water partition coefficient (Wildman–Crippen LogP) is 4.70. The Balaban J connectivity index is 1.44. The van der Waals surface area contributed by atoms with Crippen LogP contribution in [-0.4, -0.2) is 65.4 Å². The molecule has 38 heavy (non-hydrogen) atoms. The molecule has 0 aromatic heterocycles. The van der Waals surface area contributed by atoms with E-state index in [-0.39, 0.29) is 11.8 Å². The number of piperazine rings is 1. The van der Waals surface area contributed by atoms with Crippen LogP contribution in [0.3, 0.4) is 0 Å². The van der Waals surface area contributed by atoms with Gasteiger partial charge in [-0.1, -0.05) is 37.8 Å². The maximum atomic E-state index is 13.3. The third-order valence-electron chi connectivity index (χ3n) is 7.64. The molecule has 8 nitrogen and oxygen atoms in total. The number of benzene rings is 2. The Hall–Kier alpha value is -3.26. The van der Waals surface area contributed by atoms with Crippen LogP contribution in [0.5, 0.6) is 5.75 Å². The van der Waals surface area contributed by atoms with E-state index in [2.05, 4.69) is 26.5 Å². The highest BCUT2D eigenvalue weighted by Crippen LogP contribution is 2.31. The van der Waals surface area contributed by atoms with Gasteiger partial charge in [-0.2, -0.15) is 0 Å². The largest absolute Gasteiger partial charge is 0.495 e. The molecule has 8 heteroatoms. The molecule has 0 radical (unpaired) electrons. The van der Waals surface area contributed by atoms with Crippen molar-refractivity contribution in [3.05, 3.63) is 48.0 Å². The van der Waals surface area contributed by atoms with Gasteiger partial charge in [-0.15, -0.1) is 0 Å². The summed E-state index contributed by atoms with van der Waals surface area (Å²) < 4.78 is 10.7. The number of ether oxygens (including phenoxy) is 2. The second-order valence-electron chi connectivity index (χ2n) is 10.2. The summed E-state index contributed by atoms with van der Waals surface area (Å²) in [5.41, 5.74) is 3.22. The summed E-state index contributed by atoms with van der Waals surface area (Å²) in [6.07, 6.45) is 7.24. The van der Waals surface area contributed by atoms with E-state index in [0.717, 1.165) is 56.1 Å². The zero-order chi connectivity index (χ0) is 26.7. The topological polar surface area (TPSA) is 83.1 Å². The molecule has 2 fully saturated rings. The molecule has 1 saturated carbocycles. The molecule has 0 bridgehead atoms. The lowest BCUT2D eigenvalue weighted by molar-refractivity contribution is -0.116. The van der Waals surface area contributed by atoms with E-state index >= 15 is 0 Å². The first-order valence-electron chi connectivity index (χ1n) is 13.9. The van der Waals surface area contributed by atoms with Crippen molar-refractivity contribution in [2.45, 2.75) is 44.9 Å². The molecule has 1 saturated heterocycles. The number of nitrogens with one attached hydrogen (secondary N) is 2. The number of anilines is 3. The summed E-state index contributed by atoms with van der Waals surface area (Å²) >= 11 is 0. The van der Waals surface area contributed by atoms with E-state index in [1.807, 2.05) is 36.4 Å². The Labute approximate surface area is 226 Å². The number of nitrogens with zero attached hydrogens (tertiary/aromatic N) is 2. The minimum Gasteiger partial charge on any atom is -0.495 e. The van der Waals surface area contributed by atoms with E-state index in [9.17, 15) is 9.59 Å². The van der Waals surface area contributed by atoms with Crippen LogP contribution in [0.1, 0.15) is 55.3 Å². The lowest BCUT2D eigenvalue weighted by atomic mass is 10.0. The first kappa shape index (κ1) is 27.8. The van der Waals surface area contributed by atoms with E-state index in [0.29, 0.717) is 36.7 Å². The summed E-state index contributed by atoms with van der Waals surface area (Å²) in [5.74, 6) is 1.42. The average Bonchev–Trinajstić information content (AvgIpc) is 3.48. The summed E-state index contributed by atoms with van der Waals surface area (Å²) in [6.45, 7) is 4.30. The molecule has 206 valence electrons. The summed E-state index contributed by atoms with van der Waals surface area (Å²) in [5, 5.41) is 6.05. The van der Waals surface area contributed by atoms with Crippen LogP contribution < -0.4 is 25.2 Å². The zero-order valence-corrected chi connectivity index (χ0v) is 22.8. The lowest BCUT2D eigenvalue weighted by Gasteiger charge is -2.38. The van der Waals surface area contributed by atoms with Gasteiger partial charge in [0.15, 0.2) is 0 Å². The first-order valence-corrected chi connectivity index (χ1v) is 13.9. The Morgan fingerprint density at radius 2 is 1.66 bits per heavy atom. The van der Waals surface area contributed by atoms with Crippen molar-refractivity contribution in [1.29, 1.82) is 0 Å². The molecule has 1 heterocycles. The number of amides is 2. The second-order valence-corrected chi connectivity index (χ2v) is 10.2. The van der Waals surface area contributed by atoms with E-state index in [1.54, 1.807) is 14.2 Å². The second kappa shape index (κ2) is 14.0. The monoisotopic (exact) mass is 522 g/mol. The maximum absolute atomic E-state index is 13.3. The number of carbonyl (C=O) groups is 2. The smallest absolute Gasteiger partial charge is 0.253 e. The highest BCUT2D eigenvalue weighted by atomic mass is 16.5. The van der Waals surface area contributed by atoms with E-state index in [4.69, 9.17) is 9.47 Å². The molecular formula is C30H42N4O4. The summed E-state index contributed by atoms with van der Waals surface area (Å²) in [7, 11) is 3.35. The fourth-order valence-corrected chi connectivity index (χ4v) is 5.52. The van der Waals surface area contributed by atoms with Crippen molar-refractivity contribution in [2.75, 3.05) is 68.7 Å². The van der Waals surface area contributed by atoms with Gasteiger partial charge in [-0.05, 0) is 49.1 Å². The Morgan fingerprint density at radius 3 is 2.37 bits per heavy atom. The number of hydrogen-bond donors (Lipinski definition) is 2. The quantitative estimate of drug-likeness (QED) is 0.394. The fourth-order valence-electron chi connectivity index (χ4n) is 5.52. The molecule has 2 N–H and O–H groups in total. The van der Waals surface area contributed by atoms with Gasteiger partial charge in [0, 0.05) is 64.2 Å². The van der Waals surface area contributed by atoms with Crippen LogP contribution in [-0.2, 0) is 9.53 Å². The Kier molecular flexibility index (Phi) is 10.3. The van der Waals surface area contributed by atoms with Crippen molar-refractivity contribution in [3.8, 4) is 5.75 Å². The van der Waals surface area contributed by atoms with Crippen molar-refractivity contribution in [2.24, 2.45) is 5.92 Å². The Morgan fingerprint density at radius 1 is 0.947 bits per heavy atom. The predicted molar refractivity (Wildman–Crippen MR) is 153 cm³/mol. The third-order valence-corrected chi connectivity index (χ3v) is 7.64. The molecule has 2 amide bonds. The number of para-hydroxylation sites is 2. The molecule has 0 spiro atoms. The lowest BCUT2D eigenvalue weighted by Crippen LogP contribution is -2.47. The molecule has 1 aliphatic carbocycles. The normalized spacial score (nSPS) is 15.9. The van der Waals surface area contributed by atoms with Crippen LogP contribution in [0.15, 0.2) is 42.5 Å². The van der Waals surface area contributed by atoms with Gasteiger partial charge in [0.1, 0.15) is 5.75 Å². The van der Waals surface area contributed by atoms with Gasteiger partial charge < -0.3 is 29.9 Å². The van der Waals surface area contributed by atoms with Crippen molar-refractivity contribution >= 4 is 28.9 Å². The molecular weight excluding hydrogens is 480 g/mol. The van der Waals surface area contributed by atoms with Crippen LogP contribution in [0, 0.1) is 5.92 Å². The molecule has 2 aromatic carbocycles. The number of carbonyl (C=O) groups excluding carboxylic acids is 2. The maximum Gasteiger partial charge on any atom is 0.253 e. The summed E-state index contributed by atoms with van der Waals surface area (Å²) in [4.78, 5) is 30.5.